The van der Waals surface area contributed by atoms with E-state index in [0.717, 1.165) is 16.9 Å². The molecule has 1 aliphatic rings. The number of aryl methyl sites for hydroxylation is 1. The van der Waals surface area contributed by atoms with Crippen LogP contribution in [-0.2, 0) is 10.8 Å². The minimum absolute atomic E-state index is 0.0855. The molecule has 94 valence electrons. The summed E-state index contributed by atoms with van der Waals surface area (Å²) in [7, 11) is -1.10. The molecule has 2 rings (SSSR count). The lowest BCUT2D eigenvalue weighted by Gasteiger charge is -2.27. The van der Waals surface area contributed by atoms with Crippen molar-refractivity contribution in [1.82, 2.24) is 0 Å². The Balaban J connectivity index is 2.26. The zero-order valence-electron chi connectivity index (χ0n) is 10.7. The van der Waals surface area contributed by atoms with Crippen LogP contribution in [0.4, 0.5) is 0 Å². The molecular formula is C15H17NOS. The molecule has 0 spiro atoms. The molecular weight excluding hydrogens is 242 g/mol. The van der Waals surface area contributed by atoms with Crippen molar-refractivity contribution in [1.29, 1.82) is 5.26 Å². The van der Waals surface area contributed by atoms with Crippen LogP contribution < -0.4 is 0 Å². The van der Waals surface area contributed by atoms with Crippen LogP contribution in [0.3, 0.4) is 0 Å². The van der Waals surface area contributed by atoms with Crippen LogP contribution in [0.2, 0.25) is 0 Å². The van der Waals surface area contributed by atoms with Crippen molar-refractivity contribution >= 4 is 10.8 Å². The van der Waals surface area contributed by atoms with E-state index in [4.69, 9.17) is 0 Å². The highest BCUT2D eigenvalue weighted by Gasteiger charge is 2.32. The molecule has 0 aromatic heterocycles. The van der Waals surface area contributed by atoms with E-state index in [2.05, 4.69) is 18.2 Å². The second-order valence-electron chi connectivity index (χ2n) is 4.83. The zero-order valence-corrected chi connectivity index (χ0v) is 11.5. The highest BCUT2D eigenvalue weighted by Crippen LogP contribution is 2.30. The smallest absolute Gasteiger partial charge is 0.0674 e. The summed E-state index contributed by atoms with van der Waals surface area (Å²) in [5.41, 5.74) is 1.16. The standard InChI is InChI=1S/C15H17NOS/c1-11-6-8-13(9-7-11)18(17)15-5-3-4-12(2)14(15)10-16/h3-4,6-9,12,14-15H,5H2,1-2H3/t12-,14-,15+,18+/m1/s1. The molecule has 0 N–H and O–H groups in total. The van der Waals surface area contributed by atoms with Crippen molar-refractivity contribution in [2.45, 2.75) is 30.4 Å². The summed E-state index contributed by atoms with van der Waals surface area (Å²) in [5, 5.41) is 9.17. The number of hydrogen-bond donors (Lipinski definition) is 0. The molecule has 1 aromatic carbocycles. The number of nitriles is 1. The zero-order chi connectivity index (χ0) is 13.1. The van der Waals surface area contributed by atoms with Crippen molar-refractivity contribution in [2.75, 3.05) is 0 Å². The highest BCUT2D eigenvalue weighted by molar-refractivity contribution is 7.85. The molecule has 18 heavy (non-hydrogen) atoms. The van der Waals surface area contributed by atoms with Gasteiger partial charge in [-0.2, -0.15) is 5.26 Å². The molecule has 0 unspecified atom stereocenters. The van der Waals surface area contributed by atoms with Crippen molar-refractivity contribution < 1.29 is 4.21 Å². The van der Waals surface area contributed by atoms with Crippen LogP contribution >= 0.6 is 0 Å². The van der Waals surface area contributed by atoms with Gasteiger partial charge in [0.2, 0.25) is 0 Å². The molecule has 0 saturated carbocycles. The first-order valence-electron chi connectivity index (χ1n) is 6.17. The maximum Gasteiger partial charge on any atom is 0.0674 e. The van der Waals surface area contributed by atoms with E-state index in [1.54, 1.807) is 0 Å². The summed E-state index contributed by atoms with van der Waals surface area (Å²) in [6.45, 7) is 4.03. The van der Waals surface area contributed by atoms with Crippen LogP contribution in [0.1, 0.15) is 18.9 Å². The van der Waals surface area contributed by atoms with Gasteiger partial charge >= 0.3 is 0 Å². The summed E-state index contributed by atoms with van der Waals surface area (Å²) in [6, 6.07) is 10.1. The predicted octanol–water partition coefficient (Wildman–Crippen LogP) is 3.21. The maximum absolute atomic E-state index is 12.6. The Hall–Kier alpha value is -1.40. The monoisotopic (exact) mass is 259 g/mol. The van der Waals surface area contributed by atoms with E-state index < -0.39 is 10.8 Å². The number of nitrogens with zero attached hydrogens (tertiary/aromatic N) is 1. The highest BCUT2D eigenvalue weighted by atomic mass is 32.2. The third-order valence-electron chi connectivity index (χ3n) is 3.45. The molecule has 3 heteroatoms. The van der Waals surface area contributed by atoms with E-state index in [-0.39, 0.29) is 17.1 Å². The topological polar surface area (TPSA) is 40.9 Å². The molecule has 0 aliphatic heterocycles. The van der Waals surface area contributed by atoms with Crippen LogP contribution in [0.25, 0.3) is 0 Å². The van der Waals surface area contributed by atoms with Gasteiger partial charge in [0.1, 0.15) is 0 Å². The molecule has 0 fully saturated rings. The summed E-state index contributed by atoms with van der Waals surface area (Å²) < 4.78 is 12.6. The van der Waals surface area contributed by atoms with E-state index >= 15 is 0 Å². The van der Waals surface area contributed by atoms with Gasteiger partial charge in [0.15, 0.2) is 0 Å². The Morgan fingerprint density at radius 1 is 1.33 bits per heavy atom. The predicted molar refractivity (Wildman–Crippen MR) is 73.4 cm³/mol. The molecule has 1 aliphatic carbocycles. The summed E-state index contributed by atoms with van der Waals surface area (Å²) in [4.78, 5) is 0.827. The SMILES string of the molecule is Cc1ccc([S@](=O)[C@H]2CC=C[C@@H](C)[C@H]2C#N)cc1. The van der Waals surface area contributed by atoms with Gasteiger partial charge in [-0.1, -0.05) is 36.8 Å². The average Bonchev–Trinajstić information content (AvgIpc) is 2.38. The van der Waals surface area contributed by atoms with Crippen molar-refractivity contribution in [3.63, 3.8) is 0 Å². The fourth-order valence-corrected chi connectivity index (χ4v) is 3.92. The normalized spacial score (nSPS) is 28.6. The second kappa shape index (κ2) is 5.49. The van der Waals surface area contributed by atoms with Crippen LogP contribution in [0, 0.1) is 30.1 Å². The van der Waals surface area contributed by atoms with E-state index in [1.807, 2.05) is 38.1 Å². The number of benzene rings is 1. The van der Waals surface area contributed by atoms with Crippen molar-refractivity contribution in [3.8, 4) is 6.07 Å². The minimum atomic E-state index is -1.10. The van der Waals surface area contributed by atoms with Gasteiger partial charge in [-0.25, -0.2) is 0 Å². The number of allylic oxidation sites excluding steroid dienone is 2. The molecule has 0 amide bonds. The Kier molecular flexibility index (Phi) is 3.98. The van der Waals surface area contributed by atoms with Gasteiger partial charge in [-0.15, -0.1) is 0 Å². The van der Waals surface area contributed by atoms with Gasteiger partial charge in [-0.3, -0.25) is 4.21 Å². The Morgan fingerprint density at radius 2 is 2.00 bits per heavy atom. The fraction of sp³-hybridized carbons (Fsp3) is 0.400. The molecule has 1 aromatic rings. The molecule has 4 atom stereocenters. The first kappa shape index (κ1) is 13.0. The first-order valence-corrected chi connectivity index (χ1v) is 7.38. The molecule has 0 heterocycles. The van der Waals surface area contributed by atoms with E-state index in [0.29, 0.717) is 0 Å². The van der Waals surface area contributed by atoms with Gasteiger partial charge in [0.25, 0.3) is 0 Å². The lowest BCUT2D eigenvalue weighted by atomic mass is 9.86. The van der Waals surface area contributed by atoms with Gasteiger partial charge < -0.3 is 0 Å². The average molecular weight is 259 g/mol. The molecule has 0 radical (unpaired) electrons. The second-order valence-corrected chi connectivity index (χ2v) is 6.50. The fourth-order valence-electron chi connectivity index (χ4n) is 2.30. The van der Waals surface area contributed by atoms with Crippen molar-refractivity contribution in [3.05, 3.63) is 42.0 Å². The first-order chi connectivity index (χ1) is 8.63. The number of rotatable bonds is 2. The van der Waals surface area contributed by atoms with Gasteiger partial charge in [0.05, 0.1) is 28.0 Å². The Labute approximate surface area is 111 Å². The maximum atomic E-state index is 12.6. The van der Waals surface area contributed by atoms with E-state index in [9.17, 15) is 9.47 Å². The summed E-state index contributed by atoms with van der Waals surface area (Å²) in [5.74, 6) is 0.0280. The third-order valence-corrected chi connectivity index (χ3v) is 5.22. The minimum Gasteiger partial charge on any atom is -0.254 e. The molecule has 0 saturated heterocycles. The molecule has 0 bridgehead atoms. The quantitative estimate of drug-likeness (QED) is 0.765. The van der Waals surface area contributed by atoms with Crippen LogP contribution in [0.15, 0.2) is 41.3 Å². The summed E-state index contributed by atoms with van der Waals surface area (Å²) in [6.07, 6.45) is 4.83. The third kappa shape index (κ3) is 2.54. The largest absolute Gasteiger partial charge is 0.254 e. The lowest BCUT2D eigenvalue weighted by Crippen LogP contribution is -2.31. The lowest BCUT2D eigenvalue weighted by molar-refractivity contribution is 0.472. The van der Waals surface area contributed by atoms with Gasteiger partial charge in [0, 0.05) is 4.90 Å². The van der Waals surface area contributed by atoms with Crippen LogP contribution in [-0.4, -0.2) is 9.46 Å². The Bertz CT molecular complexity index is 512. The Morgan fingerprint density at radius 3 is 2.61 bits per heavy atom. The van der Waals surface area contributed by atoms with Gasteiger partial charge in [-0.05, 0) is 31.4 Å². The van der Waals surface area contributed by atoms with E-state index in [1.165, 1.54) is 0 Å². The van der Waals surface area contributed by atoms with Crippen LogP contribution in [0.5, 0.6) is 0 Å². The number of hydrogen-bond acceptors (Lipinski definition) is 2. The summed E-state index contributed by atoms with van der Waals surface area (Å²) >= 11 is 0. The van der Waals surface area contributed by atoms with Crippen molar-refractivity contribution in [2.24, 2.45) is 11.8 Å². The molecule has 2 nitrogen and oxygen atoms in total.